The maximum atomic E-state index is 12.7. The van der Waals surface area contributed by atoms with Crippen LogP contribution in [0.2, 0.25) is 0 Å². The lowest BCUT2D eigenvalue weighted by molar-refractivity contribution is -0.893. The van der Waals surface area contributed by atoms with E-state index in [-0.39, 0.29) is 5.82 Å². The third-order valence-electron chi connectivity index (χ3n) is 2.96. The fourth-order valence-corrected chi connectivity index (χ4v) is 1.91. The number of benzene rings is 2. The molecule has 0 aromatic heterocycles. The Morgan fingerprint density at radius 1 is 1.00 bits per heavy atom. The third kappa shape index (κ3) is 4.72. The van der Waals surface area contributed by atoms with Gasteiger partial charge in [0.1, 0.15) is 31.3 Å². The van der Waals surface area contributed by atoms with Crippen LogP contribution in [0.15, 0.2) is 54.6 Å². The maximum Gasteiger partial charge on any atom is 0.137 e. The Labute approximate surface area is 113 Å². The highest BCUT2D eigenvalue weighted by molar-refractivity contribution is 5.21. The average molecular weight is 260 g/mol. The second kappa shape index (κ2) is 6.90. The molecule has 0 aliphatic carbocycles. The molecule has 0 saturated carbocycles. The molecule has 0 saturated heterocycles. The van der Waals surface area contributed by atoms with Crippen molar-refractivity contribution >= 4 is 0 Å². The van der Waals surface area contributed by atoms with Gasteiger partial charge in [0.05, 0.1) is 7.05 Å². The number of halogens is 1. The molecule has 1 N–H and O–H groups in total. The molecule has 100 valence electrons. The Hall–Kier alpha value is -1.87. The van der Waals surface area contributed by atoms with Crippen molar-refractivity contribution in [3.05, 3.63) is 66.0 Å². The summed E-state index contributed by atoms with van der Waals surface area (Å²) in [5.74, 6) is 0.480. The smallest absolute Gasteiger partial charge is 0.137 e. The van der Waals surface area contributed by atoms with Crippen molar-refractivity contribution in [3.63, 3.8) is 0 Å². The van der Waals surface area contributed by atoms with Crippen molar-refractivity contribution in [2.24, 2.45) is 0 Å². The Bertz CT molecular complexity index is 484. The predicted molar refractivity (Wildman–Crippen MR) is 73.8 cm³/mol. The topological polar surface area (TPSA) is 13.7 Å². The number of rotatable bonds is 6. The first-order valence-corrected chi connectivity index (χ1v) is 6.47. The van der Waals surface area contributed by atoms with Crippen molar-refractivity contribution in [1.29, 1.82) is 0 Å². The van der Waals surface area contributed by atoms with Crippen LogP contribution in [0.25, 0.3) is 0 Å². The standard InChI is InChI=1S/C16H18FNO/c1-18(13-14-5-3-2-4-6-14)11-12-19-16-9-7-15(17)8-10-16/h2-10H,11-13H2,1H3/p+1. The van der Waals surface area contributed by atoms with Gasteiger partial charge in [-0.25, -0.2) is 4.39 Å². The first-order chi connectivity index (χ1) is 9.24. The highest BCUT2D eigenvalue weighted by atomic mass is 19.1. The third-order valence-corrected chi connectivity index (χ3v) is 2.96. The molecule has 0 spiro atoms. The van der Waals surface area contributed by atoms with E-state index in [1.165, 1.54) is 22.6 Å². The lowest BCUT2D eigenvalue weighted by Crippen LogP contribution is -3.08. The van der Waals surface area contributed by atoms with Gasteiger partial charge < -0.3 is 9.64 Å². The Morgan fingerprint density at radius 2 is 1.68 bits per heavy atom. The number of ether oxygens (including phenoxy) is 1. The molecule has 1 unspecified atom stereocenters. The van der Waals surface area contributed by atoms with Crippen molar-refractivity contribution in [2.75, 3.05) is 20.2 Å². The molecule has 0 radical (unpaired) electrons. The van der Waals surface area contributed by atoms with E-state index in [4.69, 9.17) is 4.74 Å². The van der Waals surface area contributed by atoms with Crippen LogP contribution in [0.3, 0.4) is 0 Å². The first kappa shape index (κ1) is 13.6. The summed E-state index contributed by atoms with van der Waals surface area (Å²) in [6.45, 7) is 2.52. The normalized spacial score (nSPS) is 12.1. The van der Waals surface area contributed by atoms with Gasteiger partial charge in [-0.15, -0.1) is 0 Å². The Morgan fingerprint density at radius 3 is 2.37 bits per heavy atom. The minimum absolute atomic E-state index is 0.237. The molecule has 3 heteroatoms. The summed E-state index contributed by atoms with van der Waals surface area (Å²) in [7, 11) is 2.14. The van der Waals surface area contributed by atoms with Crippen LogP contribution in [0.4, 0.5) is 4.39 Å². The molecule has 0 aliphatic rings. The maximum absolute atomic E-state index is 12.7. The van der Waals surface area contributed by atoms with Gasteiger partial charge in [-0.2, -0.15) is 0 Å². The van der Waals surface area contributed by atoms with E-state index in [0.29, 0.717) is 12.4 Å². The summed E-state index contributed by atoms with van der Waals surface area (Å²) < 4.78 is 18.3. The van der Waals surface area contributed by atoms with Crippen molar-refractivity contribution in [3.8, 4) is 5.75 Å². The van der Waals surface area contributed by atoms with E-state index in [1.807, 2.05) is 6.07 Å². The van der Waals surface area contributed by atoms with Gasteiger partial charge in [0.25, 0.3) is 0 Å². The van der Waals surface area contributed by atoms with Crippen LogP contribution in [0, 0.1) is 5.82 Å². The van der Waals surface area contributed by atoms with Crippen molar-refractivity contribution < 1.29 is 14.0 Å². The molecule has 0 aliphatic heterocycles. The fraction of sp³-hybridized carbons (Fsp3) is 0.250. The van der Waals surface area contributed by atoms with Gasteiger partial charge in [-0.1, -0.05) is 30.3 Å². The lowest BCUT2D eigenvalue weighted by atomic mass is 10.2. The molecule has 1 atom stereocenters. The molecule has 2 aromatic rings. The van der Waals surface area contributed by atoms with E-state index in [1.54, 1.807) is 12.1 Å². The van der Waals surface area contributed by atoms with Crippen LogP contribution >= 0.6 is 0 Å². The van der Waals surface area contributed by atoms with Crippen LogP contribution in [-0.2, 0) is 6.54 Å². The number of hydrogen-bond donors (Lipinski definition) is 1. The summed E-state index contributed by atoms with van der Waals surface area (Å²) in [5.41, 5.74) is 1.32. The minimum Gasteiger partial charge on any atom is -0.488 e. The van der Waals surface area contributed by atoms with Gasteiger partial charge in [-0.05, 0) is 24.3 Å². The number of quaternary nitrogens is 1. The SMILES string of the molecule is C[NH+](CCOc1ccc(F)cc1)Cc1ccccc1. The van der Waals surface area contributed by atoms with E-state index < -0.39 is 0 Å². The average Bonchev–Trinajstić information content (AvgIpc) is 2.42. The largest absolute Gasteiger partial charge is 0.488 e. The predicted octanol–water partition coefficient (Wildman–Crippen LogP) is 1.92. The summed E-state index contributed by atoms with van der Waals surface area (Å²) in [6.07, 6.45) is 0. The van der Waals surface area contributed by atoms with Gasteiger partial charge in [0, 0.05) is 5.56 Å². The van der Waals surface area contributed by atoms with Gasteiger partial charge in [0.2, 0.25) is 0 Å². The fourth-order valence-electron chi connectivity index (χ4n) is 1.91. The minimum atomic E-state index is -0.237. The molecule has 0 heterocycles. The highest BCUT2D eigenvalue weighted by Gasteiger charge is 2.03. The summed E-state index contributed by atoms with van der Waals surface area (Å²) in [4.78, 5) is 1.38. The van der Waals surface area contributed by atoms with Crippen LogP contribution in [-0.4, -0.2) is 20.2 Å². The van der Waals surface area contributed by atoms with Crippen LogP contribution in [0.1, 0.15) is 5.56 Å². The Kier molecular flexibility index (Phi) is 4.93. The molecule has 2 nitrogen and oxygen atoms in total. The monoisotopic (exact) mass is 260 g/mol. The Balaban J connectivity index is 1.72. The summed E-state index contributed by atoms with van der Waals surface area (Å²) in [5, 5.41) is 0. The van der Waals surface area contributed by atoms with Gasteiger partial charge in [0.15, 0.2) is 0 Å². The zero-order chi connectivity index (χ0) is 13.5. The molecule has 2 rings (SSSR count). The molecule has 19 heavy (non-hydrogen) atoms. The second-order valence-electron chi connectivity index (χ2n) is 4.67. The van der Waals surface area contributed by atoms with Crippen LogP contribution < -0.4 is 9.64 Å². The molecule has 0 amide bonds. The number of likely N-dealkylation sites (N-methyl/N-ethyl adjacent to an activating group) is 1. The second-order valence-corrected chi connectivity index (χ2v) is 4.67. The highest BCUT2D eigenvalue weighted by Crippen LogP contribution is 2.10. The van der Waals surface area contributed by atoms with Gasteiger partial charge in [-0.3, -0.25) is 0 Å². The molecule has 0 bridgehead atoms. The van der Waals surface area contributed by atoms with Gasteiger partial charge >= 0.3 is 0 Å². The van der Waals surface area contributed by atoms with E-state index in [9.17, 15) is 4.39 Å². The van der Waals surface area contributed by atoms with E-state index >= 15 is 0 Å². The molecule has 2 aromatic carbocycles. The summed E-state index contributed by atoms with van der Waals surface area (Å²) >= 11 is 0. The molecule has 0 fully saturated rings. The first-order valence-electron chi connectivity index (χ1n) is 6.47. The van der Waals surface area contributed by atoms with E-state index in [0.717, 1.165) is 13.1 Å². The van der Waals surface area contributed by atoms with Crippen LogP contribution in [0.5, 0.6) is 5.75 Å². The lowest BCUT2D eigenvalue weighted by Gasteiger charge is -2.14. The van der Waals surface area contributed by atoms with Crippen molar-refractivity contribution in [1.82, 2.24) is 0 Å². The van der Waals surface area contributed by atoms with E-state index in [2.05, 4.69) is 31.3 Å². The number of hydrogen-bond acceptors (Lipinski definition) is 1. The zero-order valence-electron chi connectivity index (χ0n) is 11.1. The molecular formula is C16H19FNO+. The van der Waals surface area contributed by atoms with Crippen molar-refractivity contribution in [2.45, 2.75) is 6.54 Å². The number of nitrogens with one attached hydrogen (secondary N) is 1. The quantitative estimate of drug-likeness (QED) is 0.838. The zero-order valence-corrected chi connectivity index (χ0v) is 11.1. The molecular weight excluding hydrogens is 241 g/mol. The summed E-state index contributed by atoms with van der Waals surface area (Å²) in [6, 6.07) is 16.5.